The van der Waals surface area contributed by atoms with Gasteiger partial charge in [-0.05, 0) is 19.8 Å². The van der Waals surface area contributed by atoms with Crippen LogP contribution in [0.15, 0.2) is 0 Å². The summed E-state index contributed by atoms with van der Waals surface area (Å²) in [4.78, 5) is 0. The van der Waals surface area contributed by atoms with Gasteiger partial charge in [0.2, 0.25) is 0 Å². The van der Waals surface area contributed by atoms with Gasteiger partial charge in [-0.25, -0.2) is 8.78 Å². The second-order valence-corrected chi connectivity index (χ2v) is 3.35. The first-order chi connectivity index (χ1) is 5.17. The minimum atomic E-state index is -2.50. The summed E-state index contributed by atoms with van der Waals surface area (Å²) in [6.45, 7) is 3.28. The van der Waals surface area contributed by atoms with Crippen LogP contribution in [-0.2, 0) is 0 Å². The minimum absolute atomic E-state index is 0.238. The molecule has 0 bridgehead atoms. The van der Waals surface area contributed by atoms with Crippen molar-refractivity contribution in [2.75, 3.05) is 0 Å². The Morgan fingerprint density at radius 2 is 1.73 bits per heavy atom. The molecular formula is C9H15F2. The van der Waals surface area contributed by atoms with E-state index in [-0.39, 0.29) is 12.3 Å². The van der Waals surface area contributed by atoms with Crippen LogP contribution in [0.4, 0.5) is 8.78 Å². The van der Waals surface area contributed by atoms with E-state index in [2.05, 4.69) is 6.92 Å². The van der Waals surface area contributed by atoms with Crippen molar-refractivity contribution in [3.8, 4) is 0 Å². The van der Waals surface area contributed by atoms with Gasteiger partial charge in [0.05, 0.1) is 0 Å². The van der Waals surface area contributed by atoms with E-state index in [0.717, 1.165) is 19.3 Å². The summed E-state index contributed by atoms with van der Waals surface area (Å²) in [7, 11) is 0. The van der Waals surface area contributed by atoms with E-state index in [1.54, 1.807) is 0 Å². The maximum atomic E-state index is 13.0. The van der Waals surface area contributed by atoms with E-state index >= 15 is 0 Å². The van der Waals surface area contributed by atoms with E-state index in [4.69, 9.17) is 0 Å². The van der Waals surface area contributed by atoms with Gasteiger partial charge in [-0.2, -0.15) is 0 Å². The third-order valence-corrected chi connectivity index (χ3v) is 2.54. The van der Waals surface area contributed by atoms with Gasteiger partial charge in [0.1, 0.15) is 0 Å². The molecule has 0 N–H and O–H groups in total. The normalized spacial score (nSPS) is 22.1. The molecule has 0 aromatic carbocycles. The zero-order valence-corrected chi connectivity index (χ0v) is 6.78. The topological polar surface area (TPSA) is 0 Å². The van der Waals surface area contributed by atoms with E-state index in [1.807, 2.05) is 0 Å². The van der Waals surface area contributed by atoms with Gasteiger partial charge in [0.15, 0.2) is 0 Å². The number of halogens is 2. The smallest absolute Gasteiger partial charge is 0.207 e. The molecule has 11 heavy (non-hydrogen) atoms. The highest BCUT2D eigenvalue weighted by Crippen LogP contribution is 2.38. The Bertz CT molecular complexity index is 115. The molecule has 2 heteroatoms. The summed E-state index contributed by atoms with van der Waals surface area (Å²) in [5.41, 5.74) is 0. The average Bonchev–Trinajstić information content (AvgIpc) is 2.06. The minimum Gasteiger partial charge on any atom is -0.207 e. The van der Waals surface area contributed by atoms with Crippen molar-refractivity contribution in [2.45, 2.75) is 44.4 Å². The Morgan fingerprint density at radius 3 is 2.18 bits per heavy atom. The van der Waals surface area contributed by atoms with Gasteiger partial charge < -0.3 is 0 Å². The van der Waals surface area contributed by atoms with E-state index in [9.17, 15) is 8.78 Å². The molecule has 0 heterocycles. The third kappa shape index (κ3) is 2.14. The molecule has 65 valence electrons. The maximum Gasteiger partial charge on any atom is 0.250 e. The van der Waals surface area contributed by atoms with Gasteiger partial charge in [0.25, 0.3) is 5.92 Å². The van der Waals surface area contributed by atoms with E-state index in [1.165, 1.54) is 0 Å². The molecule has 0 unspecified atom stereocenters. The van der Waals surface area contributed by atoms with Crippen LogP contribution in [0.1, 0.15) is 38.5 Å². The fraction of sp³-hybridized carbons (Fsp3) is 0.889. The summed E-state index contributed by atoms with van der Waals surface area (Å²) in [6, 6.07) is 0. The van der Waals surface area contributed by atoms with Crippen LogP contribution in [0.5, 0.6) is 0 Å². The summed E-state index contributed by atoms with van der Waals surface area (Å²) in [5, 5.41) is 0. The van der Waals surface area contributed by atoms with Crippen LogP contribution in [0.2, 0.25) is 0 Å². The second-order valence-electron chi connectivity index (χ2n) is 3.35. The summed E-state index contributed by atoms with van der Waals surface area (Å²) in [5.74, 6) is -2.88. The lowest BCUT2D eigenvalue weighted by molar-refractivity contribution is -0.0682. The van der Waals surface area contributed by atoms with Crippen molar-refractivity contribution in [1.29, 1.82) is 0 Å². The molecule has 1 aliphatic rings. The first-order valence-corrected chi connectivity index (χ1v) is 4.34. The Morgan fingerprint density at radius 1 is 1.18 bits per heavy atom. The quantitative estimate of drug-likeness (QED) is 0.582. The van der Waals surface area contributed by atoms with Gasteiger partial charge in [-0.1, -0.05) is 19.3 Å². The second kappa shape index (κ2) is 3.51. The van der Waals surface area contributed by atoms with E-state index in [0.29, 0.717) is 12.8 Å². The molecule has 0 aromatic heterocycles. The van der Waals surface area contributed by atoms with Crippen LogP contribution in [-0.4, -0.2) is 5.92 Å². The Labute approximate surface area is 67.0 Å². The SMILES string of the molecule is [CH2]CC(F)(F)C1CCCCC1. The lowest BCUT2D eigenvalue weighted by Crippen LogP contribution is -2.29. The number of alkyl halides is 2. The molecule has 0 atom stereocenters. The van der Waals surface area contributed by atoms with Crippen molar-refractivity contribution in [3.05, 3.63) is 6.92 Å². The molecule has 0 amide bonds. The average molecular weight is 161 g/mol. The Balaban J connectivity index is 2.43. The lowest BCUT2D eigenvalue weighted by Gasteiger charge is -2.28. The summed E-state index contributed by atoms with van der Waals surface area (Å²) < 4.78 is 26.0. The fourth-order valence-corrected chi connectivity index (χ4v) is 1.73. The molecule has 1 fully saturated rings. The molecule has 0 saturated heterocycles. The predicted molar refractivity (Wildman–Crippen MR) is 41.5 cm³/mol. The van der Waals surface area contributed by atoms with E-state index < -0.39 is 5.92 Å². The summed E-state index contributed by atoms with van der Waals surface area (Å²) in [6.07, 6.45) is 4.23. The molecule has 1 saturated carbocycles. The first kappa shape index (κ1) is 8.95. The highest BCUT2D eigenvalue weighted by molar-refractivity contribution is 4.80. The molecule has 0 spiro atoms. The lowest BCUT2D eigenvalue weighted by atomic mass is 9.84. The van der Waals surface area contributed by atoms with Crippen molar-refractivity contribution in [1.82, 2.24) is 0 Å². The monoisotopic (exact) mass is 161 g/mol. The van der Waals surface area contributed by atoms with Gasteiger partial charge in [-0.15, -0.1) is 0 Å². The van der Waals surface area contributed by atoms with Crippen LogP contribution < -0.4 is 0 Å². The molecular weight excluding hydrogens is 146 g/mol. The van der Waals surface area contributed by atoms with Crippen LogP contribution in [0.3, 0.4) is 0 Å². The van der Waals surface area contributed by atoms with Crippen molar-refractivity contribution in [3.63, 3.8) is 0 Å². The number of hydrogen-bond acceptors (Lipinski definition) is 0. The molecule has 1 radical (unpaired) electrons. The zero-order valence-electron chi connectivity index (χ0n) is 6.78. The molecule has 0 aromatic rings. The molecule has 1 aliphatic carbocycles. The maximum absolute atomic E-state index is 13.0. The molecule has 1 rings (SSSR count). The van der Waals surface area contributed by atoms with Crippen LogP contribution >= 0.6 is 0 Å². The third-order valence-electron chi connectivity index (χ3n) is 2.54. The standard InChI is InChI=1S/C9H15F2/c1-2-9(10,11)8-6-4-3-5-7-8/h8H,1-7H2. The molecule has 0 nitrogen and oxygen atoms in total. The largest absolute Gasteiger partial charge is 0.250 e. The van der Waals surface area contributed by atoms with Crippen LogP contribution in [0.25, 0.3) is 0 Å². The highest BCUT2D eigenvalue weighted by Gasteiger charge is 2.37. The number of rotatable bonds is 2. The zero-order chi connectivity index (χ0) is 8.32. The number of hydrogen-bond donors (Lipinski definition) is 0. The molecule has 0 aliphatic heterocycles. The fourth-order valence-electron chi connectivity index (χ4n) is 1.73. The Kier molecular flexibility index (Phi) is 2.85. The highest BCUT2D eigenvalue weighted by atomic mass is 19.3. The van der Waals surface area contributed by atoms with Crippen molar-refractivity contribution in [2.24, 2.45) is 5.92 Å². The van der Waals surface area contributed by atoms with Crippen LogP contribution in [0, 0.1) is 12.8 Å². The first-order valence-electron chi connectivity index (χ1n) is 4.34. The predicted octanol–water partition coefficient (Wildman–Crippen LogP) is 3.43. The van der Waals surface area contributed by atoms with Gasteiger partial charge in [-0.3, -0.25) is 0 Å². The Hall–Kier alpha value is -0.140. The van der Waals surface area contributed by atoms with Crippen molar-refractivity contribution >= 4 is 0 Å². The van der Waals surface area contributed by atoms with Gasteiger partial charge >= 0.3 is 0 Å². The van der Waals surface area contributed by atoms with Crippen molar-refractivity contribution < 1.29 is 8.78 Å². The van der Waals surface area contributed by atoms with Gasteiger partial charge in [0, 0.05) is 12.3 Å². The summed E-state index contributed by atoms with van der Waals surface area (Å²) >= 11 is 0.